The minimum Gasteiger partial charge on any atom is -0.245 e. The summed E-state index contributed by atoms with van der Waals surface area (Å²) in [7, 11) is 0. The Morgan fingerprint density at radius 1 is 1.70 bits per heavy atom. The van der Waals surface area contributed by atoms with Crippen molar-refractivity contribution in [2.75, 3.05) is 0 Å². The lowest BCUT2D eigenvalue weighted by atomic mass is 10.2. The van der Waals surface area contributed by atoms with Gasteiger partial charge in [0, 0.05) is 11.8 Å². The maximum Gasteiger partial charge on any atom is 0.146 e. The van der Waals surface area contributed by atoms with E-state index in [1.807, 2.05) is 0 Å². The summed E-state index contributed by atoms with van der Waals surface area (Å²) in [5.41, 5.74) is 0.463. The Balaban J connectivity index is 3.31. The molecule has 0 bridgehead atoms. The smallest absolute Gasteiger partial charge is 0.146 e. The monoisotopic (exact) mass is 136 g/mol. The van der Waals surface area contributed by atoms with Crippen molar-refractivity contribution in [1.82, 2.24) is 4.98 Å². The number of nitrogens with zero attached hydrogens (tertiary/aromatic N) is 2. The SMILES string of the molecule is Cc1c(F)ccnc1C#N. The Bertz CT molecular complexity index is 288. The van der Waals surface area contributed by atoms with Crippen LogP contribution in [0.3, 0.4) is 0 Å². The highest BCUT2D eigenvalue weighted by Gasteiger charge is 2.01. The van der Waals surface area contributed by atoms with Crippen LogP contribution >= 0.6 is 0 Å². The van der Waals surface area contributed by atoms with Gasteiger partial charge in [-0.15, -0.1) is 0 Å². The van der Waals surface area contributed by atoms with Crippen LogP contribution in [0.2, 0.25) is 0 Å². The molecular formula is C7H5FN2. The Hall–Kier alpha value is -1.43. The van der Waals surface area contributed by atoms with Gasteiger partial charge in [-0.3, -0.25) is 0 Å². The van der Waals surface area contributed by atoms with E-state index in [-0.39, 0.29) is 11.5 Å². The van der Waals surface area contributed by atoms with Gasteiger partial charge < -0.3 is 0 Å². The molecule has 0 atom stereocenters. The molecule has 1 rings (SSSR count). The first-order valence-electron chi connectivity index (χ1n) is 2.77. The number of hydrogen-bond donors (Lipinski definition) is 0. The lowest BCUT2D eigenvalue weighted by Crippen LogP contribution is -1.90. The predicted octanol–water partition coefficient (Wildman–Crippen LogP) is 1.40. The van der Waals surface area contributed by atoms with Crippen LogP contribution in [0.1, 0.15) is 11.3 Å². The predicted molar refractivity (Wildman–Crippen MR) is 33.6 cm³/mol. The molecule has 0 aromatic carbocycles. The number of aromatic nitrogens is 1. The molecule has 0 radical (unpaired) electrons. The van der Waals surface area contributed by atoms with E-state index in [0.29, 0.717) is 5.56 Å². The molecule has 0 aliphatic carbocycles. The van der Waals surface area contributed by atoms with Crippen molar-refractivity contribution in [3.8, 4) is 6.07 Å². The molecular weight excluding hydrogens is 131 g/mol. The Morgan fingerprint density at radius 3 is 2.90 bits per heavy atom. The molecule has 0 spiro atoms. The number of halogens is 1. The molecule has 1 aromatic heterocycles. The van der Waals surface area contributed by atoms with E-state index in [1.165, 1.54) is 19.2 Å². The van der Waals surface area contributed by atoms with Crippen molar-refractivity contribution in [3.63, 3.8) is 0 Å². The number of nitriles is 1. The maximum atomic E-state index is 12.6. The Morgan fingerprint density at radius 2 is 2.40 bits per heavy atom. The topological polar surface area (TPSA) is 36.7 Å². The van der Waals surface area contributed by atoms with Crippen molar-refractivity contribution in [3.05, 3.63) is 29.3 Å². The molecule has 50 valence electrons. The second-order valence-corrected chi connectivity index (χ2v) is 1.88. The summed E-state index contributed by atoms with van der Waals surface area (Å²) in [5.74, 6) is -0.383. The second-order valence-electron chi connectivity index (χ2n) is 1.88. The molecule has 3 heteroatoms. The van der Waals surface area contributed by atoms with Crippen LogP contribution in [0.25, 0.3) is 0 Å². The second kappa shape index (κ2) is 2.44. The lowest BCUT2D eigenvalue weighted by molar-refractivity contribution is 0.615. The highest BCUT2D eigenvalue weighted by molar-refractivity contribution is 5.29. The van der Waals surface area contributed by atoms with E-state index in [0.717, 1.165) is 0 Å². The summed E-state index contributed by atoms with van der Waals surface area (Å²) in [6.07, 6.45) is 1.28. The van der Waals surface area contributed by atoms with Crippen LogP contribution in [0.15, 0.2) is 12.3 Å². The Labute approximate surface area is 57.9 Å². The zero-order chi connectivity index (χ0) is 7.56. The van der Waals surface area contributed by atoms with Crippen LogP contribution in [-0.2, 0) is 0 Å². The minimum absolute atomic E-state index is 0.153. The summed E-state index contributed by atoms with van der Waals surface area (Å²) in [6, 6.07) is 3.02. The number of rotatable bonds is 0. The minimum atomic E-state index is -0.383. The largest absolute Gasteiger partial charge is 0.245 e. The Kier molecular flexibility index (Phi) is 1.63. The maximum absolute atomic E-state index is 12.6. The summed E-state index contributed by atoms with van der Waals surface area (Å²) in [5, 5.41) is 8.36. The standard InChI is InChI=1S/C7H5FN2/c1-5-6(8)2-3-10-7(5)4-9/h2-3H,1H3. The zero-order valence-electron chi connectivity index (χ0n) is 5.43. The molecule has 2 nitrogen and oxygen atoms in total. The quantitative estimate of drug-likeness (QED) is 0.540. The average molecular weight is 136 g/mol. The molecule has 10 heavy (non-hydrogen) atoms. The van der Waals surface area contributed by atoms with Gasteiger partial charge in [-0.25, -0.2) is 9.37 Å². The molecule has 0 unspecified atom stereocenters. The van der Waals surface area contributed by atoms with Crippen molar-refractivity contribution < 1.29 is 4.39 Å². The molecule has 1 aromatic rings. The van der Waals surface area contributed by atoms with Crippen LogP contribution in [0, 0.1) is 24.1 Å². The first kappa shape index (κ1) is 6.69. The van der Waals surface area contributed by atoms with Crippen LogP contribution in [-0.4, -0.2) is 4.98 Å². The van der Waals surface area contributed by atoms with Crippen LogP contribution in [0.4, 0.5) is 4.39 Å². The molecule has 0 fully saturated rings. The number of pyridine rings is 1. The third kappa shape index (κ3) is 0.960. The first-order valence-corrected chi connectivity index (χ1v) is 2.77. The van der Waals surface area contributed by atoms with Gasteiger partial charge in [-0.2, -0.15) is 5.26 Å². The van der Waals surface area contributed by atoms with Gasteiger partial charge in [-0.05, 0) is 13.0 Å². The molecule has 0 amide bonds. The van der Waals surface area contributed by atoms with E-state index in [1.54, 1.807) is 6.07 Å². The van der Waals surface area contributed by atoms with Crippen molar-refractivity contribution in [2.45, 2.75) is 6.92 Å². The molecule has 0 saturated heterocycles. The number of hydrogen-bond acceptors (Lipinski definition) is 2. The van der Waals surface area contributed by atoms with Crippen LogP contribution < -0.4 is 0 Å². The zero-order valence-corrected chi connectivity index (χ0v) is 5.43. The fraction of sp³-hybridized carbons (Fsp3) is 0.143. The summed E-state index contributed by atoms with van der Waals surface area (Å²) in [6.45, 7) is 1.53. The van der Waals surface area contributed by atoms with Crippen molar-refractivity contribution >= 4 is 0 Å². The summed E-state index contributed by atoms with van der Waals surface area (Å²) >= 11 is 0. The van der Waals surface area contributed by atoms with E-state index in [9.17, 15) is 4.39 Å². The summed E-state index contributed by atoms with van der Waals surface area (Å²) < 4.78 is 12.6. The normalized spacial score (nSPS) is 8.90. The van der Waals surface area contributed by atoms with E-state index in [2.05, 4.69) is 4.98 Å². The molecule has 0 aliphatic heterocycles. The van der Waals surface area contributed by atoms with E-state index in [4.69, 9.17) is 5.26 Å². The van der Waals surface area contributed by atoms with Gasteiger partial charge >= 0.3 is 0 Å². The van der Waals surface area contributed by atoms with Gasteiger partial charge in [0.05, 0.1) is 0 Å². The fourth-order valence-electron chi connectivity index (χ4n) is 0.625. The molecule has 1 heterocycles. The van der Waals surface area contributed by atoms with Crippen LogP contribution in [0.5, 0.6) is 0 Å². The molecule has 0 saturated carbocycles. The van der Waals surface area contributed by atoms with E-state index < -0.39 is 0 Å². The van der Waals surface area contributed by atoms with Crippen molar-refractivity contribution in [1.29, 1.82) is 5.26 Å². The van der Waals surface area contributed by atoms with Gasteiger partial charge in [0.15, 0.2) is 0 Å². The summed E-state index contributed by atoms with van der Waals surface area (Å²) in [4.78, 5) is 3.66. The van der Waals surface area contributed by atoms with Crippen molar-refractivity contribution in [2.24, 2.45) is 0 Å². The molecule has 0 N–H and O–H groups in total. The average Bonchev–Trinajstić information content (AvgIpc) is 1.95. The van der Waals surface area contributed by atoms with Gasteiger partial charge in [0.25, 0.3) is 0 Å². The van der Waals surface area contributed by atoms with Gasteiger partial charge in [0.2, 0.25) is 0 Å². The van der Waals surface area contributed by atoms with Gasteiger partial charge in [-0.1, -0.05) is 0 Å². The highest BCUT2D eigenvalue weighted by atomic mass is 19.1. The van der Waals surface area contributed by atoms with E-state index >= 15 is 0 Å². The van der Waals surface area contributed by atoms with Gasteiger partial charge in [0.1, 0.15) is 17.6 Å². The lowest BCUT2D eigenvalue weighted by Gasteiger charge is -1.94. The highest BCUT2D eigenvalue weighted by Crippen LogP contribution is 2.06. The fourth-order valence-corrected chi connectivity index (χ4v) is 0.625. The molecule has 0 aliphatic rings. The third-order valence-electron chi connectivity index (χ3n) is 1.24. The first-order chi connectivity index (χ1) is 4.75. The third-order valence-corrected chi connectivity index (χ3v) is 1.24.